The van der Waals surface area contributed by atoms with Crippen molar-refractivity contribution in [2.45, 2.75) is 92.4 Å². The summed E-state index contributed by atoms with van der Waals surface area (Å²) in [5, 5.41) is 6.18. The largest absolute Gasteiger partial charge is 0.444 e. The van der Waals surface area contributed by atoms with Gasteiger partial charge in [0.25, 0.3) is 0 Å². The van der Waals surface area contributed by atoms with Crippen molar-refractivity contribution < 1.29 is 19.1 Å². The van der Waals surface area contributed by atoms with Gasteiger partial charge in [-0.05, 0) is 71.6 Å². The number of nitrogens with zero attached hydrogens (tertiary/aromatic N) is 5. The van der Waals surface area contributed by atoms with E-state index in [1.807, 2.05) is 52.3 Å². The van der Waals surface area contributed by atoms with E-state index in [9.17, 15) is 9.59 Å². The summed E-state index contributed by atoms with van der Waals surface area (Å²) in [6.45, 7) is 16.1. The van der Waals surface area contributed by atoms with Crippen LogP contribution in [0.2, 0.25) is 5.02 Å². The Bertz CT molecular complexity index is 1680. The number of aryl methyl sites for hydroxylation is 2. The third kappa shape index (κ3) is 6.00. The lowest BCUT2D eigenvalue weighted by Crippen LogP contribution is -2.39. The highest BCUT2D eigenvalue weighted by Gasteiger charge is 2.33. The van der Waals surface area contributed by atoms with Crippen LogP contribution < -0.4 is 0 Å². The van der Waals surface area contributed by atoms with Crippen molar-refractivity contribution in [2.24, 2.45) is 0 Å². The van der Waals surface area contributed by atoms with Gasteiger partial charge in [-0.3, -0.25) is 9.55 Å². The van der Waals surface area contributed by atoms with Crippen LogP contribution in [-0.4, -0.2) is 54.2 Å². The topological polar surface area (TPSA) is 91.5 Å². The molecule has 0 saturated heterocycles. The monoisotopic (exact) mass is 605 g/mol. The van der Waals surface area contributed by atoms with Gasteiger partial charge in [-0.1, -0.05) is 43.6 Å². The van der Waals surface area contributed by atoms with E-state index in [1.54, 1.807) is 17.3 Å². The van der Waals surface area contributed by atoms with E-state index in [-0.39, 0.29) is 6.09 Å². The molecule has 0 fully saturated rings. The molecule has 0 bridgehead atoms. The van der Waals surface area contributed by atoms with Crippen LogP contribution in [0, 0.1) is 0 Å². The van der Waals surface area contributed by atoms with Gasteiger partial charge in [0.15, 0.2) is 0 Å². The van der Waals surface area contributed by atoms with Gasteiger partial charge >= 0.3 is 12.2 Å². The standard InChI is InChI=1S/C33H40ClN5O4/c1-9-20-12-11-13-21(10-2)27(20)39-29(23-19-37(16-15-25(23)36-39)30(40)42-32(3,4)5)26-22-14-17-38(28(22)24(34)18-35-26)31(41)43-33(6,7)8/h11-14,17-18H,9-10,15-16,19H2,1-8H3. The molecule has 9 nitrogen and oxygen atoms in total. The molecule has 3 aromatic heterocycles. The molecular weight excluding hydrogens is 566 g/mol. The highest BCUT2D eigenvalue weighted by atomic mass is 35.5. The number of rotatable bonds is 4. The fourth-order valence-corrected chi connectivity index (χ4v) is 5.76. The zero-order valence-electron chi connectivity index (χ0n) is 26.2. The van der Waals surface area contributed by atoms with Gasteiger partial charge in [0.1, 0.15) is 11.2 Å². The number of para-hydroxylation sites is 1. The number of ether oxygens (including phenoxy) is 2. The van der Waals surface area contributed by atoms with Crippen molar-refractivity contribution in [1.82, 2.24) is 24.2 Å². The van der Waals surface area contributed by atoms with Gasteiger partial charge in [-0.15, -0.1) is 0 Å². The Hall–Kier alpha value is -3.85. The van der Waals surface area contributed by atoms with Crippen molar-refractivity contribution in [3.05, 3.63) is 64.1 Å². The first-order valence-electron chi connectivity index (χ1n) is 14.8. The summed E-state index contributed by atoms with van der Waals surface area (Å²) < 4.78 is 14.8. The van der Waals surface area contributed by atoms with Crippen molar-refractivity contribution in [3.8, 4) is 17.1 Å². The highest BCUT2D eigenvalue weighted by molar-refractivity contribution is 6.35. The maximum Gasteiger partial charge on any atom is 0.419 e. The Morgan fingerprint density at radius 1 is 0.953 bits per heavy atom. The summed E-state index contributed by atoms with van der Waals surface area (Å²) in [7, 11) is 0. The summed E-state index contributed by atoms with van der Waals surface area (Å²) in [5.41, 5.74) is 5.71. The summed E-state index contributed by atoms with van der Waals surface area (Å²) in [6.07, 6.45) is 4.52. The molecule has 4 heterocycles. The maximum absolute atomic E-state index is 13.2. The molecule has 1 amide bonds. The number of fused-ring (bicyclic) bond motifs is 2. The lowest BCUT2D eigenvalue weighted by molar-refractivity contribution is 0.0223. The summed E-state index contributed by atoms with van der Waals surface area (Å²) in [5.74, 6) is 0. The van der Waals surface area contributed by atoms with E-state index in [4.69, 9.17) is 31.2 Å². The minimum atomic E-state index is -0.681. The zero-order chi connectivity index (χ0) is 31.3. The molecule has 228 valence electrons. The van der Waals surface area contributed by atoms with Crippen LogP contribution in [0.25, 0.3) is 28.0 Å². The number of aromatic nitrogens is 4. The summed E-state index contributed by atoms with van der Waals surface area (Å²) >= 11 is 6.69. The van der Waals surface area contributed by atoms with Crippen LogP contribution in [0.3, 0.4) is 0 Å². The van der Waals surface area contributed by atoms with E-state index >= 15 is 0 Å². The molecule has 1 aliphatic rings. The number of carbonyl (C=O) groups excluding carboxylic acids is 2. The maximum atomic E-state index is 13.2. The number of hydrogen-bond acceptors (Lipinski definition) is 6. The Balaban J connectivity index is 1.76. The number of hydrogen-bond donors (Lipinski definition) is 0. The van der Waals surface area contributed by atoms with Crippen LogP contribution in [0.4, 0.5) is 9.59 Å². The number of amides is 1. The Morgan fingerprint density at radius 2 is 1.58 bits per heavy atom. The number of halogens is 1. The molecule has 0 saturated carbocycles. The van der Waals surface area contributed by atoms with Gasteiger partial charge in [-0.2, -0.15) is 5.10 Å². The molecule has 0 unspecified atom stereocenters. The van der Waals surface area contributed by atoms with Crippen molar-refractivity contribution >= 4 is 34.7 Å². The fourth-order valence-electron chi connectivity index (χ4n) is 5.52. The van der Waals surface area contributed by atoms with Gasteiger partial charge < -0.3 is 14.4 Å². The summed E-state index contributed by atoms with van der Waals surface area (Å²) in [4.78, 5) is 32.9. The molecule has 0 N–H and O–H groups in total. The molecule has 0 aliphatic carbocycles. The van der Waals surface area contributed by atoms with Gasteiger partial charge in [0.2, 0.25) is 0 Å². The molecule has 5 rings (SSSR count). The van der Waals surface area contributed by atoms with Gasteiger partial charge in [-0.25, -0.2) is 14.3 Å². The first kappa shape index (κ1) is 30.6. The molecule has 0 atom stereocenters. The number of benzene rings is 1. The molecule has 43 heavy (non-hydrogen) atoms. The zero-order valence-corrected chi connectivity index (χ0v) is 27.0. The Kier molecular flexibility index (Phi) is 8.07. The minimum Gasteiger partial charge on any atom is -0.444 e. The predicted molar refractivity (Wildman–Crippen MR) is 168 cm³/mol. The average molecular weight is 606 g/mol. The van der Waals surface area contributed by atoms with Crippen LogP contribution in [0.1, 0.15) is 77.8 Å². The summed E-state index contributed by atoms with van der Waals surface area (Å²) in [6, 6.07) is 8.15. The van der Waals surface area contributed by atoms with E-state index in [2.05, 4.69) is 32.0 Å². The first-order chi connectivity index (χ1) is 20.2. The van der Waals surface area contributed by atoms with Gasteiger partial charge in [0.05, 0.1) is 39.9 Å². The Morgan fingerprint density at radius 3 is 2.19 bits per heavy atom. The van der Waals surface area contributed by atoms with E-state index in [0.717, 1.165) is 46.6 Å². The normalized spacial score (nSPS) is 13.7. The fraction of sp³-hybridized carbons (Fsp3) is 0.455. The van der Waals surface area contributed by atoms with E-state index < -0.39 is 17.3 Å². The molecular formula is C33H40ClN5O4. The van der Waals surface area contributed by atoms with Crippen LogP contribution >= 0.6 is 11.6 Å². The molecule has 4 aromatic rings. The lowest BCUT2D eigenvalue weighted by atomic mass is 10.00. The minimum absolute atomic E-state index is 0.313. The van der Waals surface area contributed by atoms with Gasteiger partial charge in [0, 0.05) is 36.3 Å². The lowest BCUT2D eigenvalue weighted by Gasteiger charge is -2.30. The SMILES string of the molecule is CCc1cccc(CC)c1-n1nc2c(c1-c1ncc(Cl)c3c1ccn3C(=O)OC(C)(C)C)CN(C(=O)OC(C)(C)C)CC2. The number of carbonyl (C=O) groups is 2. The van der Waals surface area contributed by atoms with E-state index in [1.165, 1.54) is 4.57 Å². The highest BCUT2D eigenvalue weighted by Crippen LogP contribution is 2.39. The van der Waals surface area contributed by atoms with Crippen molar-refractivity contribution in [2.75, 3.05) is 6.54 Å². The second-order valence-corrected chi connectivity index (χ2v) is 13.3. The molecule has 0 spiro atoms. The number of pyridine rings is 1. The molecule has 1 aliphatic heterocycles. The van der Waals surface area contributed by atoms with Crippen molar-refractivity contribution in [1.29, 1.82) is 0 Å². The predicted octanol–water partition coefficient (Wildman–Crippen LogP) is 7.74. The second-order valence-electron chi connectivity index (χ2n) is 12.9. The van der Waals surface area contributed by atoms with Crippen molar-refractivity contribution in [3.63, 3.8) is 0 Å². The van der Waals surface area contributed by atoms with Crippen LogP contribution in [-0.2, 0) is 35.3 Å². The third-order valence-corrected chi connectivity index (χ3v) is 7.63. The first-order valence-corrected chi connectivity index (χ1v) is 15.2. The second kappa shape index (κ2) is 11.3. The molecule has 0 radical (unpaired) electrons. The smallest absolute Gasteiger partial charge is 0.419 e. The Labute approximate surface area is 257 Å². The quantitative estimate of drug-likeness (QED) is 0.236. The van der Waals surface area contributed by atoms with Crippen LogP contribution in [0.5, 0.6) is 0 Å². The average Bonchev–Trinajstić information content (AvgIpc) is 3.54. The third-order valence-electron chi connectivity index (χ3n) is 7.35. The van der Waals surface area contributed by atoms with E-state index in [0.29, 0.717) is 41.1 Å². The van der Waals surface area contributed by atoms with Crippen LogP contribution in [0.15, 0.2) is 36.7 Å². The molecule has 1 aromatic carbocycles. The molecule has 10 heteroatoms.